The molecule has 1 saturated carbocycles. The highest BCUT2D eigenvalue weighted by Gasteiger charge is 2.40. The van der Waals surface area contributed by atoms with Gasteiger partial charge in [-0.3, -0.25) is 15.1 Å². The molecule has 0 aliphatic heterocycles. The molecule has 222 valence electrons. The number of hydroxylamine groups is 1. The first-order valence-corrected chi connectivity index (χ1v) is 14.9. The molecule has 3 atom stereocenters. The van der Waals surface area contributed by atoms with Crippen LogP contribution in [0.4, 0.5) is 0 Å². The van der Waals surface area contributed by atoms with Crippen molar-refractivity contribution in [2.75, 3.05) is 7.11 Å². The summed E-state index contributed by atoms with van der Waals surface area (Å²) in [6.45, 7) is 0.430. The second-order valence-corrected chi connectivity index (χ2v) is 10.9. The van der Waals surface area contributed by atoms with Crippen molar-refractivity contribution < 1.29 is 24.6 Å². The summed E-state index contributed by atoms with van der Waals surface area (Å²) in [6, 6.07) is 33.0. The van der Waals surface area contributed by atoms with Crippen LogP contribution in [0.25, 0.3) is 27.6 Å². The van der Waals surface area contributed by atoms with E-state index in [4.69, 9.17) is 14.7 Å². The molecular formula is C37H39NO5. The predicted octanol–water partition coefficient (Wildman–Crippen LogP) is 7.54. The lowest BCUT2D eigenvalue weighted by Crippen LogP contribution is -2.22. The Hall–Kier alpha value is -4.23. The number of carbonyl (C=O) groups is 1. The average Bonchev–Trinajstić information content (AvgIpc) is 3.35. The maximum absolute atomic E-state index is 11.5. The Morgan fingerprint density at radius 3 is 2.40 bits per heavy atom. The predicted molar refractivity (Wildman–Crippen MR) is 171 cm³/mol. The van der Waals surface area contributed by atoms with E-state index < -0.39 is 12.1 Å². The first-order chi connectivity index (χ1) is 21.0. The molecule has 1 aliphatic rings. The molecule has 0 unspecified atom stereocenters. The first-order valence-electron chi connectivity index (χ1n) is 14.9. The molecule has 1 fully saturated rings. The summed E-state index contributed by atoms with van der Waals surface area (Å²) in [7, 11) is 1.58. The summed E-state index contributed by atoms with van der Waals surface area (Å²) in [5.74, 6) is -0.890. The number of nitrogens with one attached hydrogen (secondary N) is 1. The van der Waals surface area contributed by atoms with Crippen molar-refractivity contribution in [1.82, 2.24) is 5.48 Å². The van der Waals surface area contributed by atoms with E-state index in [1.54, 1.807) is 7.11 Å². The highest BCUT2D eigenvalue weighted by molar-refractivity contribution is 5.94. The summed E-state index contributed by atoms with van der Waals surface area (Å²) < 4.78 is 6.53. The largest absolute Gasteiger partial charge is 0.481 e. The molecule has 0 saturated heterocycles. The minimum absolute atomic E-state index is 0.106. The van der Waals surface area contributed by atoms with Crippen molar-refractivity contribution in [2.45, 2.75) is 50.9 Å². The number of benzene rings is 4. The van der Waals surface area contributed by atoms with E-state index >= 15 is 0 Å². The van der Waals surface area contributed by atoms with Gasteiger partial charge in [0.1, 0.15) is 0 Å². The number of carboxylic acid groups (broad SMARTS) is 1. The summed E-state index contributed by atoms with van der Waals surface area (Å²) in [5, 5.41) is 22.6. The molecule has 1 aliphatic carbocycles. The number of fused-ring (bicyclic) bond motifs is 1. The molecule has 0 radical (unpaired) electrons. The van der Waals surface area contributed by atoms with Crippen molar-refractivity contribution in [3.63, 3.8) is 0 Å². The molecule has 0 bridgehead atoms. The smallest absolute Gasteiger partial charge is 0.303 e. The lowest BCUT2D eigenvalue weighted by atomic mass is 9.90. The van der Waals surface area contributed by atoms with Crippen LogP contribution in [0.5, 0.6) is 0 Å². The zero-order valence-corrected chi connectivity index (χ0v) is 24.5. The van der Waals surface area contributed by atoms with Gasteiger partial charge in [-0.1, -0.05) is 109 Å². The van der Waals surface area contributed by atoms with Crippen molar-refractivity contribution in [2.24, 2.45) is 5.92 Å². The quantitative estimate of drug-likeness (QED) is 0.0865. The number of hydrogen-bond donors (Lipinski definition) is 3. The highest BCUT2D eigenvalue weighted by Crippen LogP contribution is 2.42. The zero-order chi connectivity index (χ0) is 30.0. The molecule has 43 heavy (non-hydrogen) atoms. The monoisotopic (exact) mass is 577 g/mol. The van der Waals surface area contributed by atoms with Crippen LogP contribution in [-0.4, -0.2) is 35.5 Å². The van der Waals surface area contributed by atoms with Crippen LogP contribution >= 0.6 is 0 Å². The van der Waals surface area contributed by atoms with Crippen LogP contribution < -0.4 is 5.48 Å². The van der Waals surface area contributed by atoms with Gasteiger partial charge in [0.05, 0.1) is 31.6 Å². The van der Waals surface area contributed by atoms with E-state index in [1.807, 2.05) is 48.5 Å². The number of allylic oxidation sites excluding steroid dienone is 2. The Bertz CT molecular complexity index is 1560. The molecule has 6 nitrogen and oxygen atoms in total. The van der Waals surface area contributed by atoms with Gasteiger partial charge in [-0.15, -0.1) is 0 Å². The van der Waals surface area contributed by atoms with Gasteiger partial charge < -0.3 is 14.9 Å². The van der Waals surface area contributed by atoms with Gasteiger partial charge in [-0.05, 0) is 52.3 Å². The van der Waals surface area contributed by atoms with Gasteiger partial charge in [0.15, 0.2) is 0 Å². The van der Waals surface area contributed by atoms with E-state index in [0.29, 0.717) is 32.3 Å². The fraction of sp³-hybridized carbons (Fsp3) is 0.270. The summed E-state index contributed by atoms with van der Waals surface area (Å²) in [6.07, 6.45) is 5.73. The number of unbranched alkanes of at least 4 members (excludes halogenated alkanes) is 1. The second kappa shape index (κ2) is 14.8. The fourth-order valence-corrected chi connectivity index (χ4v) is 5.95. The van der Waals surface area contributed by atoms with Crippen LogP contribution in [0.15, 0.2) is 115 Å². The number of carboxylic acids is 1. The Labute approximate surface area is 253 Å². The number of aliphatic hydroxyl groups excluding tert-OH is 1. The molecule has 0 spiro atoms. The topological polar surface area (TPSA) is 88.0 Å². The maximum atomic E-state index is 11.5. The van der Waals surface area contributed by atoms with Crippen LogP contribution in [0, 0.1) is 5.92 Å². The number of aliphatic carboxylic acids is 1. The third-order valence-corrected chi connectivity index (χ3v) is 8.06. The number of hydrogen-bond acceptors (Lipinski definition) is 5. The van der Waals surface area contributed by atoms with E-state index in [1.165, 1.54) is 5.56 Å². The number of ether oxygens (including phenoxy) is 1. The number of aliphatic hydroxyl groups is 1. The van der Waals surface area contributed by atoms with Gasteiger partial charge >= 0.3 is 5.97 Å². The van der Waals surface area contributed by atoms with Gasteiger partial charge in [0.2, 0.25) is 0 Å². The van der Waals surface area contributed by atoms with E-state index in [0.717, 1.165) is 38.7 Å². The normalized spacial score (nSPS) is 19.6. The first kappa shape index (κ1) is 30.2. The average molecular weight is 578 g/mol. The Morgan fingerprint density at radius 1 is 0.907 bits per heavy atom. The third-order valence-electron chi connectivity index (χ3n) is 8.06. The second-order valence-electron chi connectivity index (χ2n) is 10.9. The van der Waals surface area contributed by atoms with Crippen molar-refractivity contribution >= 4 is 22.4 Å². The van der Waals surface area contributed by atoms with E-state index in [2.05, 4.69) is 66.2 Å². The van der Waals surface area contributed by atoms with Crippen LogP contribution in [0.1, 0.15) is 43.2 Å². The summed E-state index contributed by atoms with van der Waals surface area (Å²) in [4.78, 5) is 16.4. The fourth-order valence-electron chi connectivity index (χ4n) is 5.95. The summed E-state index contributed by atoms with van der Waals surface area (Å²) >= 11 is 0. The molecule has 5 rings (SSSR count). The molecule has 0 amide bonds. The molecule has 3 N–H and O–H groups in total. The van der Waals surface area contributed by atoms with E-state index in [-0.39, 0.29) is 18.4 Å². The highest BCUT2D eigenvalue weighted by atomic mass is 16.6. The molecule has 0 heterocycles. The Balaban J connectivity index is 1.42. The van der Waals surface area contributed by atoms with Crippen LogP contribution in [0.3, 0.4) is 0 Å². The van der Waals surface area contributed by atoms with Gasteiger partial charge in [-0.2, -0.15) is 0 Å². The molecule has 6 heteroatoms. The van der Waals surface area contributed by atoms with Crippen molar-refractivity contribution in [3.05, 3.63) is 126 Å². The van der Waals surface area contributed by atoms with Gasteiger partial charge in [0.25, 0.3) is 0 Å². The molecule has 4 aromatic rings. The zero-order valence-electron chi connectivity index (χ0n) is 24.5. The van der Waals surface area contributed by atoms with Crippen molar-refractivity contribution in [3.8, 4) is 11.1 Å². The Kier molecular flexibility index (Phi) is 10.4. The van der Waals surface area contributed by atoms with Gasteiger partial charge in [0, 0.05) is 24.3 Å². The van der Waals surface area contributed by atoms with Crippen LogP contribution in [0.2, 0.25) is 0 Å². The molecule has 4 aromatic carbocycles. The van der Waals surface area contributed by atoms with Crippen LogP contribution in [-0.2, 0) is 21.0 Å². The molecule has 0 aromatic heterocycles. The third kappa shape index (κ3) is 7.59. The standard InChI is InChI=1S/C37H39NO5/c1-42-38-37(31-18-11-15-29-14-9-10-16-30(29)31)36-32(17-7-2-3-8-19-35(40)41)34(24-33(36)39)43-25-26-20-22-28(23-21-26)27-12-5-4-6-13-27/h2,4-7,9-16,18,20-23,32-34,38-39H,3,8,17,19,24-25H2,1H3,(H,40,41)/t32-,33+,34-/m0/s1. The minimum Gasteiger partial charge on any atom is -0.481 e. The summed E-state index contributed by atoms with van der Waals surface area (Å²) in [5.41, 5.74) is 9.08. The molecular weight excluding hydrogens is 538 g/mol. The van der Waals surface area contributed by atoms with Gasteiger partial charge in [-0.25, -0.2) is 0 Å². The SMILES string of the molecule is CONC(=C1[C@H](O)C[C@H](OCc2ccc(-c3ccccc3)cc2)[C@@H]1CC=CCCCC(=O)O)c1cccc2ccccc12. The lowest BCUT2D eigenvalue weighted by molar-refractivity contribution is -0.137. The number of rotatable bonds is 13. The van der Waals surface area contributed by atoms with Crippen molar-refractivity contribution in [1.29, 1.82) is 0 Å². The minimum atomic E-state index is -0.784. The lowest BCUT2D eigenvalue weighted by Gasteiger charge is -2.24. The van der Waals surface area contributed by atoms with E-state index in [9.17, 15) is 9.90 Å². The maximum Gasteiger partial charge on any atom is 0.303 e. The Morgan fingerprint density at radius 2 is 1.63 bits per heavy atom.